The first kappa shape index (κ1) is 30.2. The highest BCUT2D eigenvalue weighted by Gasteiger charge is 2.01. The van der Waals surface area contributed by atoms with E-state index in [4.69, 9.17) is 0 Å². The molecule has 0 rings (SSSR count). The Kier molecular flexibility index (Phi) is 38.5. The summed E-state index contributed by atoms with van der Waals surface area (Å²) in [5.41, 5.74) is 0. The van der Waals surface area contributed by atoms with Crippen LogP contribution in [0.25, 0.3) is 0 Å². The van der Waals surface area contributed by atoms with Gasteiger partial charge in [-0.1, -0.05) is 94.2 Å². The molecule has 0 saturated carbocycles. The van der Waals surface area contributed by atoms with Crippen LogP contribution in [0, 0.1) is 17.8 Å². The summed E-state index contributed by atoms with van der Waals surface area (Å²) in [6.07, 6.45) is 10.3. The number of nitrogens with one attached hydrogen (secondary N) is 1. The van der Waals surface area contributed by atoms with Gasteiger partial charge in [-0.15, -0.1) is 6.58 Å². The summed E-state index contributed by atoms with van der Waals surface area (Å²) in [6, 6.07) is 0. The molecule has 1 nitrogen and oxygen atoms in total. The third kappa shape index (κ3) is 52.5. The minimum atomic E-state index is 0.720. The smallest absolute Gasteiger partial charge is 0.0164 e. The molecule has 1 unspecified atom stereocenters. The van der Waals surface area contributed by atoms with Crippen molar-refractivity contribution in [1.29, 1.82) is 0 Å². The van der Waals surface area contributed by atoms with Crippen LogP contribution in [0.2, 0.25) is 0 Å². The second-order valence-electron chi connectivity index (χ2n) is 6.67. The van der Waals surface area contributed by atoms with Gasteiger partial charge in [-0.3, -0.25) is 0 Å². The molecular formula is C22H49N. The molecule has 0 radical (unpaired) electrons. The molecule has 0 aliphatic rings. The summed E-state index contributed by atoms with van der Waals surface area (Å²) in [5, 5.41) is 3.01. The van der Waals surface area contributed by atoms with Crippen molar-refractivity contribution in [3.8, 4) is 0 Å². The van der Waals surface area contributed by atoms with Gasteiger partial charge < -0.3 is 5.32 Å². The van der Waals surface area contributed by atoms with Gasteiger partial charge in [0, 0.05) is 6.54 Å². The zero-order valence-corrected chi connectivity index (χ0v) is 18.0. The van der Waals surface area contributed by atoms with E-state index >= 15 is 0 Å². The third-order valence-electron chi connectivity index (χ3n) is 2.72. The first-order valence-electron chi connectivity index (χ1n) is 9.80. The van der Waals surface area contributed by atoms with E-state index in [1.54, 1.807) is 6.20 Å². The average molecular weight is 328 g/mol. The maximum absolute atomic E-state index is 3.73. The fourth-order valence-electron chi connectivity index (χ4n) is 1.63. The van der Waals surface area contributed by atoms with E-state index in [0.717, 1.165) is 24.3 Å². The number of hydrogen-bond acceptors (Lipinski definition) is 1. The minimum Gasteiger partial charge on any atom is -0.391 e. The van der Waals surface area contributed by atoms with Crippen molar-refractivity contribution in [2.24, 2.45) is 17.8 Å². The monoisotopic (exact) mass is 327 g/mol. The molecule has 0 aromatic carbocycles. The van der Waals surface area contributed by atoms with Crippen LogP contribution >= 0.6 is 0 Å². The van der Waals surface area contributed by atoms with Crippen molar-refractivity contribution in [3.63, 3.8) is 0 Å². The molecule has 0 saturated heterocycles. The van der Waals surface area contributed by atoms with E-state index in [2.05, 4.69) is 66.9 Å². The first-order valence-corrected chi connectivity index (χ1v) is 9.80. The molecular weight excluding hydrogens is 278 g/mol. The lowest BCUT2D eigenvalue weighted by Crippen LogP contribution is -2.11. The van der Waals surface area contributed by atoms with Crippen molar-refractivity contribution in [1.82, 2.24) is 5.32 Å². The van der Waals surface area contributed by atoms with Crippen LogP contribution in [0.15, 0.2) is 25.4 Å². The highest BCUT2D eigenvalue weighted by atomic mass is 14.8. The Morgan fingerprint density at radius 2 is 1.39 bits per heavy atom. The Morgan fingerprint density at radius 1 is 0.913 bits per heavy atom. The molecule has 0 aliphatic carbocycles. The van der Waals surface area contributed by atoms with E-state index in [0.29, 0.717) is 0 Å². The van der Waals surface area contributed by atoms with Gasteiger partial charge in [0.25, 0.3) is 0 Å². The molecule has 1 heteroatoms. The predicted molar refractivity (Wildman–Crippen MR) is 113 cm³/mol. The molecule has 1 atom stereocenters. The number of allylic oxidation sites excluding steroid dienone is 1. The molecule has 0 heterocycles. The lowest BCUT2D eigenvalue weighted by Gasteiger charge is -2.10. The van der Waals surface area contributed by atoms with Crippen molar-refractivity contribution < 1.29 is 0 Å². The van der Waals surface area contributed by atoms with Crippen LogP contribution in [0.4, 0.5) is 0 Å². The highest BCUT2D eigenvalue weighted by Crippen LogP contribution is 2.16. The topological polar surface area (TPSA) is 12.0 Å². The summed E-state index contributed by atoms with van der Waals surface area (Å²) in [7, 11) is 0. The fraction of sp³-hybridized carbons (Fsp3) is 0.818. The molecule has 0 spiro atoms. The van der Waals surface area contributed by atoms with Crippen LogP contribution in [0.3, 0.4) is 0 Å². The standard InChI is InChI=1S/C10H20.C6H13N.C4H10.C2H6/c1-4-7-9-10(6-3)8-5-2;1-4-7-5-6(2)3;1-4(2)3;1-2/h4,10H,1,5-9H2,2-3H3;4,6-7H,1,5H2,2-3H3;4H,1-3H3;1-2H3. The summed E-state index contributed by atoms with van der Waals surface area (Å²) in [5.74, 6) is 2.50. The van der Waals surface area contributed by atoms with Gasteiger partial charge in [0.15, 0.2) is 0 Å². The molecule has 0 aromatic heterocycles. The van der Waals surface area contributed by atoms with E-state index in [-0.39, 0.29) is 0 Å². The fourth-order valence-corrected chi connectivity index (χ4v) is 1.63. The Bertz CT molecular complexity index is 191. The van der Waals surface area contributed by atoms with E-state index in [1.165, 1.54) is 32.1 Å². The van der Waals surface area contributed by atoms with Crippen LogP contribution in [0.1, 0.15) is 94.4 Å². The van der Waals surface area contributed by atoms with Crippen LogP contribution in [0.5, 0.6) is 0 Å². The molecule has 0 aromatic rings. The Morgan fingerprint density at radius 3 is 1.61 bits per heavy atom. The SMILES string of the molecule is C=CCCC(CC)CCC.C=CNCC(C)C.CC.CC(C)C. The molecule has 1 N–H and O–H groups in total. The van der Waals surface area contributed by atoms with Gasteiger partial charge >= 0.3 is 0 Å². The van der Waals surface area contributed by atoms with Crippen molar-refractivity contribution >= 4 is 0 Å². The summed E-state index contributed by atoms with van der Waals surface area (Å²) < 4.78 is 0. The number of hydrogen-bond donors (Lipinski definition) is 1. The molecule has 23 heavy (non-hydrogen) atoms. The van der Waals surface area contributed by atoms with Gasteiger partial charge in [0.2, 0.25) is 0 Å². The molecule has 0 bridgehead atoms. The molecule has 0 aliphatic heterocycles. The third-order valence-corrected chi connectivity index (χ3v) is 2.72. The van der Waals surface area contributed by atoms with Gasteiger partial charge in [-0.25, -0.2) is 0 Å². The number of rotatable bonds is 9. The zero-order chi connectivity index (χ0) is 19.1. The van der Waals surface area contributed by atoms with E-state index < -0.39 is 0 Å². The summed E-state index contributed by atoms with van der Waals surface area (Å²) >= 11 is 0. The quantitative estimate of drug-likeness (QED) is 0.425. The molecule has 0 fully saturated rings. The first-order chi connectivity index (χ1) is 10.8. The molecule has 142 valence electrons. The van der Waals surface area contributed by atoms with Gasteiger partial charge in [0.05, 0.1) is 0 Å². The second kappa shape index (κ2) is 29.3. The van der Waals surface area contributed by atoms with E-state index in [9.17, 15) is 0 Å². The maximum atomic E-state index is 3.73. The van der Waals surface area contributed by atoms with Crippen molar-refractivity contribution in [2.45, 2.75) is 94.4 Å². The second-order valence-corrected chi connectivity index (χ2v) is 6.67. The van der Waals surface area contributed by atoms with Crippen LogP contribution in [-0.2, 0) is 0 Å². The summed E-state index contributed by atoms with van der Waals surface area (Å²) in [4.78, 5) is 0. The molecule has 0 amide bonds. The van der Waals surface area contributed by atoms with Gasteiger partial charge in [0.1, 0.15) is 0 Å². The van der Waals surface area contributed by atoms with E-state index in [1.807, 2.05) is 19.9 Å². The lowest BCUT2D eigenvalue weighted by atomic mass is 9.95. The maximum Gasteiger partial charge on any atom is 0.0164 e. The zero-order valence-electron chi connectivity index (χ0n) is 18.0. The highest BCUT2D eigenvalue weighted by molar-refractivity contribution is 4.69. The van der Waals surface area contributed by atoms with Gasteiger partial charge in [-0.2, -0.15) is 0 Å². The van der Waals surface area contributed by atoms with Crippen molar-refractivity contribution in [2.75, 3.05) is 6.54 Å². The Labute approximate surface area is 150 Å². The van der Waals surface area contributed by atoms with Crippen LogP contribution < -0.4 is 5.32 Å². The minimum absolute atomic E-state index is 0.720. The normalized spacial score (nSPS) is 10.2. The summed E-state index contributed by atoms with van der Waals surface area (Å²) in [6.45, 7) is 27.6. The average Bonchev–Trinajstić information content (AvgIpc) is 2.51. The largest absolute Gasteiger partial charge is 0.391 e. The predicted octanol–water partition coefficient (Wildman–Crippen LogP) is 7.84. The lowest BCUT2D eigenvalue weighted by molar-refractivity contribution is 0.436. The van der Waals surface area contributed by atoms with Crippen LogP contribution in [-0.4, -0.2) is 6.54 Å². The Balaban J connectivity index is -0.000000121. The van der Waals surface area contributed by atoms with Crippen molar-refractivity contribution in [3.05, 3.63) is 25.4 Å². The van der Waals surface area contributed by atoms with Gasteiger partial charge in [-0.05, 0) is 36.8 Å². The Hall–Kier alpha value is -0.720.